The van der Waals surface area contributed by atoms with Gasteiger partial charge in [-0.3, -0.25) is 19.8 Å². The van der Waals surface area contributed by atoms with Gasteiger partial charge in [-0.1, -0.05) is 13.8 Å². The molecule has 1 N–H and O–H groups in total. The maximum atomic E-state index is 13.0. The Bertz CT molecular complexity index is 1180. The van der Waals surface area contributed by atoms with Crippen LogP contribution in [-0.4, -0.2) is 93.3 Å². The molecule has 0 aliphatic carbocycles. The van der Waals surface area contributed by atoms with Gasteiger partial charge in [0.15, 0.2) is 17.2 Å². The van der Waals surface area contributed by atoms with E-state index in [1.807, 2.05) is 30.9 Å². The third kappa shape index (κ3) is 8.16. The number of nitrogens with zero attached hydrogens (tertiary/aromatic N) is 4. The summed E-state index contributed by atoms with van der Waals surface area (Å²) in [5, 5.41) is 14.9. The van der Waals surface area contributed by atoms with Gasteiger partial charge < -0.3 is 29.3 Å². The fraction of sp³-hybridized carbons (Fsp3) is 0.567. The number of carbonyl (C=O) groups is 1. The molecule has 2 aromatic carbocycles. The van der Waals surface area contributed by atoms with Crippen molar-refractivity contribution in [2.45, 2.75) is 39.2 Å². The second-order valence-electron chi connectivity index (χ2n) is 11.1. The minimum atomic E-state index is -0.415. The summed E-state index contributed by atoms with van der Waals surface area (Å²) in [4.78, 5) is 30.6. The molecule has 0 spiro atoms. The Kier molecular flexibility index (Phi) is 10.5. The summed E-state index contributed by atoms with van der Waals surface area (Å²) in [6, 6.07) is 11.1. The molecule has 11 heteroatoms. The predicted octanol–water partition coefficient (Wildman–Crippen LogP) is 4.26. The molecule has 0 saturated carbocycles. The Hall–Kier alpha value is -3.73. The zero-order chi connectivity index (χ0) is 29.4. The summed E-state index contributed by atoms with van der Waals surface area (Å²) >= 11 is 0. The van der Waals surface area contributed by atoms with Crippen molar-refractivity contribution >= 4 is 23.0 Å². The highest BCUT2D eigenvalue weighted by atomic mass is 16.6. The number of piperidine rings is 1. The molecule has 0 unspecified atom stereocenters. The van der Waals surface area contributed by atoms with Crippen molar-refractivity contribution < 1.29 is 23.9 Å². The van der Waals surface area contributed by atoms with E-state index in [-0.39, 0.29) is 29.3 Å². The highest BCUT2D eigenvalue weighted by Gasteiger charge is 2.25. The van der Waals surface area contributed by atoms with E-state index in [1.54, 1.807) is 26.4 Å². The standard InChI is InChI=1S/C30H43N5O6/c1-22(2)21-41-28-19-24(5-7-26(28)35(37)38)31-23-9-13-34(14-10-23)30(36)11-12-32-15-17-33(18-16-32)25-6-8-27(39-3)29(20-25)40-4/h5-8,19-20,22-23,31H,9-18,21H2,1-4H3. The van der Waals surface area contributed by atoms with Gasteiger partial charge in [-0.05, 0) is 37.0 Å². The summed E-state index contributed by atoms with van der Waals surface area (Å²) in [5.41, 5.74) is 1.88. The SMILES string of the molecule is COc1ccc(N2CCN(CCC(=O)N3CCC(Nc4ccc([N+](=O)[O-])c(OCC(C)C)c4)CC3)CC2)cc1OC. The highest BCUT2D eigenvalue weighted by molar-refractivity contribution is 5.76. The number of benzene rings is 2. The molecule has 0 radical (unpaired) electrons. The van der Waals surface area contributed by atoms with Crippen LogP contribution in [0.2, 0.25) is 0 Å². The van der Waals surface area contributed by atoms with E-state index in [0.717, 1.165) is 68.4 Å². The molecule has 2 aliphatic heterocycles. The van der Waals surface area contributed by atoms with Crippen LogP contribution in [-0.2, 0) is 4.79 Å². The van der Waals surface area contributed by atoms with Crippen molar-refractivity contribution in [1.29, 1.82) is 0 Å². The van der Waals surface area contributed by atoms with Crippen LogP contribution in [0.25, 0.3) is 0 Å². The van der Waals surface area contributed by atoms with Crippen molar-refractivity contribution in [3.8, 4) is 17.2 Å². The van der Waals surface area contributed by atoms with Gasteiger partial charge >= 0.3 is 5.69 Å². The van der Waals surface area contributed by atoms with E-state index in [1.165, 1.54) is 6.07 Å². The maximum absolute atomic E-state index is 13.0. The number of nitro benzene ring substituents is 1. The van der Waals surface area contributed by atoms with Crippen molar-refractivity contribution in [3.63, 3.8) is 0 Å². The number of hydrogen-bond acceptors (Lipinski definition) is 9. The molecule has 2 fully saturated rings. The Morgan fingerprint density at radius 3 is 2.32 bits per heavy atom. The van der Waals surface area contributed by atoms with E-state index in [0.29, 0.717) is 26.1 Å². The number of rotatable bonds is 12. The molecule has 2 saturated heterocycles. The van der Waals surface area contributed by atoms with Crippen molar-refractivity contribution in [2.75, 3.05) is 76.9 Å². The van der Waals surface area contributed by atoms with Gasteiger partial charge in [-0.2, -0.15) is 0 Å². The number of carbonyl (C=O) groups excluding carboxylic acids is 1. The smallest absolute Gasteiger partial charge is 0.311 e. The Labute approximate surface area is 242 Å². The summed E-state index contributed by atoms with van der Waals surface area (Å²) in [6.45, 7) is 10.2. The molecular formula is C30H43N5O6. The monoisotopic (exact) mass is 569 g/mol. The molecular weight excluding hydrogens is 526 g/mol. The molecule has 0 aromatic heterocycles. The molecule has 41 heavy (non-hydrogen) atoms. The van der Waals surface area contributed by atoms with Gasteiger partial charge in [0.05, 0.1) is 25.7 Å². The van der Waals surface area contributed by atoms with E-state index in [9.17, 15) is 14.9 Å². The summed E-state index contributed by atoms with van der Waals surface area (Å²) in [7, 11) is 3.28. The molecule has 2 aromatic rings. The Morgan fingerprint density at radius 2 is 1.68 bits per heavy atom. The molecule has 11 nitrogen and oxygen atoms in total. The van der Waals surface area contributed by atoms with Crippen LogP contribution < -0.4 is 24.4 Å². The lowest BCUT2D eigenvalue weighted by atomic mass is 10.0. The first-order valence-electron chi connectivity index (χ1n) is 14.4. The zero-order valence-electron chi connectivity index (χ0n) is 24.6. The minimum Gasteiger partial charge on any atom is -0.493 e. The van der Waals surface area contributed by atoms with E-state index < -0.39 is 4.92 Å². The lowest BCUT2D eigenvalue weighted by molar-refractivity contribution is -0.385. The number of hydrogen-bond donors (Lipinski definition) is 1. The molecule has 0 bridgehead atoms. The normalized spacial score (nSPS) is 16.5. The number of likely N-dealkylation sites (tertiary alicyclic amines) is 1. The first kappa shape index (κ1) is 30.2. The third-order valence-corrected chi connectivity index (χ3v) is 7.69. The molecule has 4 rings (SSSR count). The van der Waals surface area contributed by atoms with Crippen LogP contribution in [0.5, 0.6) is 17.2 Å². The quantitative estimate of drug-likeness (QED) is 0.296. The average Bonchev–Trinajstić information content (AvgIpc) is 2.99. The lowest BCUT2D eigenvalue weighted by Gasteiger charge is -2.37. The largest absolute Gasteiger partial charge is 0.493 e. The third-order valence-electron chi connectivity index (χ3n) is 7.69. The number of ether oxygens (including phenoxy) is 3. The number of nitro groups is 1. The fourth-order valence-corrected chi connectivity index (χ4v) is 5.30. The van der Waals surface area contributed by atoms with E-state index in [4.69, 9.17) is 14.2 Å². The van der Waals surface area contributed by atoms with E-state index >= 15 is 0 Å². The van der Waals surface area contributed by atoms with Crippen LogP contribution in [0.1, 0.15) is 33.1 Å². The summed E-state index contributed by atoms with van der Waals surface area (Å²) in [5.74, 6) is 2.20. The number of nitrogens with one attached hydrogen (secondary N) is 1. The van der Waals surface area contributed by atoms with Gasteiger partial charge in [0.2, 0.25) is 5.91 Å². The lowest BCUT2D eigenvalue weighted by Crippen LogP contribution is -2.48. The molecule has 224 valence electrons. The first-order chi connectivity index (χ1) is 19.8. The number of amides is 1. The van der Waals surface area contributed by atoms with Gasteiger partial charge in [0, 0.05) is 87.8 Å². The van der Waals surface area contributed by atoms with Crippen LogP contribution in [0.15, 0.2) is 36.4 Å². The average molecular weight is 570 g/mol. The van der Waals surface area contributed by atoms with E-state index in [2.05, 4.69) is 21.2 Å². The number of anilines is 2. The number of piperazine rings is 1. The second kappa shape index (κ2) is 14.2. The van der Waals surface area contributed by atoms with Gasteiger partial charge in [0.1, 0.15) is 0 Å². The van der Waals surface area contributed by atoms with Crippen LogP contribution in [0.3, 0.4) is 0 Å². The number of methoxy groups -OCH3 is 2. The van der Waals surface area contributed by atoms with Crippen molar-refractivity contribution in [2.24, 2.45) is 5.92 Å². The molecule has 2 aliphatic rings. The van der Waals surface area contributed by atoms with Gasteiger partial charge in [0.25, 0.3) is 0 Å². The summed E-state index contributed by atoms with van der Waals surface area (Å²) < 4.78 is 16.5. The van der Waals surface area contributed by atoms with Crippen molar-refractivity contribution in [3.05, 3.63) is 46.5 Å². The second-order valence-corrected chi connectivity index (χ2v) is 11.1. The Morgan fingerprint density at radius 1 is 0.976 bits per heavy atom. The Balaban J connectivity index is 1.19. The molecule has 2 heterocycles. The van der Waals surface area contributed by atoms with Crippen LogP contribution in [0, 0.1) is 16.0 Å². The zero-order valence-corrected chi connectivity index (χ0v) is 24.6. The van der Waals surface area contributed by atoms with Crippen molar-refractivity contribution in [1.82, 2.24) is 9.80 Å². The van der Waals surface area contributed by atoms with Gasteiger partial charge in [-0.25, -0.2) is 0 Å². The first-order valence-corrected chi connectivity index (χ1v) is 14.4. The van der Waals surface area contributed by atoms with Crippen LogP contribution >= 0.6 is 0 Å². The van der Waals surface area contributed by atoms with Crippen LogP contribution in [0.4, 0.5) is 17.1 Å². The fourth-order valence-electron chi connectivity index (χ4n) is 5.30. The maximum Gasteiger partial charge on any atom is 0.311 e. The molecule has 0 atom stereocenters. The molecule has 1 amide bonds. The predicted molar refractivity (Wildman–Crippen MR) is 159 cm³/mol. The minimum absolute atomic E-state index is 0.0287. The highest BCUT2D eigenvalue weighted by Crippen LogP contribution is 2.33. The van der Waals surface area contributed by atoms with Gasteiger partial charge in [-0.15, -0.1) is 0 Å². The topological polar surface area (TPSA) is 110 Å². The summed E-state index contributed by atoms with van der Waals surface area (Å²) in [6.07, 6.45) is 2.18.